The summed E-state index contributed by atoms with van der Waals surface area (Å²) in [4.78, 5) is 2.22. The lowest BCUT2D eigenvalue weighted by Gasteiger charge is -2.17. The fourth-order valence-corrected chi connectivity index (χ4v) is 2.57. The molecule has 7 heteroatoms. The lowest BCUT2D eigenvalue weighted by atomic mass is 10.1. The molecule has 0 saturated carbocycles. The predicted molar refractivity (Wildman–Crippen MR) is 77.0 cm³/mol. The summed E-state index contributed by atoms with van der Waals surface area (Å²) in [5, 5.41) is 0. The molecule has 2 rings (SSSR count). The number of alkyl halides is 3. The molecule has 2 unspecified atom stereocenters. The molecule has 1 aromatic rings. The van der Waals surface area contributed by atoms with Gasteiger partial charge in [-0.15, -0.1) is 0 Å². The van der Waals surface area contributed by atoms with Gasteiger partial charge in [-0.25, -0.2) is 0 Å². The summed E-state index contributed by atoms with van der Waals surface area (Å²) in [5.41, 5.74) is 6.95. The average molecular weight is 318 g/mol. The van der Waals surface area contributed by atoms with E-state index in [0.717, 1.165) is 18.7 Å². The number of benzene rings is 1. The van der Waals surface area contributed by atoms with Gasteiger partial charge in [-0.3, -0.25) is 4.90 Å². The molecule has 1 saturated heterocycles. The predicted octanol–water partition coefficient (Wildman–Crippen LogP) is 2.42. The fourth-order valence-electron chi connectivity index (χ4n) is 2.57. The Kier molecular flexibility index (Phi) is 5.18. The van der Waals surface area contributed by atoms with Crippen LogP contribution in [0.4, 0.5) is 13.2 Å². The molecule has 0 aromatic heterocycles. The van der Waals surface area contributed by atoms with Crippen LogP contribution in [0.3, 0.4) is 0 Å². The van der Waals surface area contributed by atoms with Crippen LogP contribution < -0.4 is 15.2 Å². The van der Waals surface area contributed by atoms with Gasteiger partial charge in [-0.2, -0.15) is 13.2 Å². The fraction of sp³-hybridized carbons (Fsp3) is 0.600. The molecular formula is C15H21F3N2O2. The number of rotatable bonds is 5. The third-order valence-corrected chi connectivity index (χ3v) is 3.77. The van der Waals surface area contributed by atoms with Gasteiger partial charge >= 0.3 is 6.18 Å². The second kappa shape index (κ2) is 6.75. The maximum Gasteiger partial charge on any atom is 0.422 e. The highest BCUT2D eigenvalue weighted by molar-refractivity contribution is 5.43. The summed E-state index contributed by atoms with van der Waals surface area (Å²) in [6, 6.07) is 5.14. The maximum absolute atomic E-state index is 12.2. The van der Waals surface area contributed by atoms with Crippen LogP contribution in [-0.2, 0) is 6.54 Å². The number of nitrogens with zero attached hydrogens (tertiary/aromatic N) is 1. The van der Waals surface area contributed by atoms with Crippen LogP contribution in [0.25, 0.3) is 0 Å². The van der Waals surface area contributed by atoms with Crippen molar-refractivity contribution in [3.05, 3.63) is 23.8 Å². The van der Waals surface area contributed by atoms with Crippen LogP contribution in [0.15, 0.2) is 18.2 Å². The van der Waals surface area contributed by atoms with E-state index >= 15 is 0 Å². The summed E-state index contributed by atoms with van der Waals surface area (Å²) >= 11 is 0. The molecule has 4 nitrogen and oxygen atoms in total. The van der Waals surface area contributed by atoms with Crippen LogP contribution in [-0.4, -0.2) is 43.9 Å². The van der Waals surface area contributed by atoms with Crippen molar-refractivity contribution in [2.75, 3.05) is 26.8 Å². The van der Waals surface area contributed by atoms with Crippen LogP contribution in [0.5, 0.6) is 11.5 Å². The van der Waals surface area contributed by atoms with E-state index in [0.29, 0.717) is 18.2 Å². The Bertz CT molecular complexity index is 498. The van der Waals surface area contributed by atoms with E-state index < -0.39 is 12.8 Å². The van der Waals surface area contributed by atoms with E-state index in [4.69, 9.17) is 15.2 Å². The Morgan fingerprint density at radius 3 is 2.55 bits per heavy atom. The molecule has 124 valence electrons. The van der Waals surface area contributed by atoms with Crippen molar-refractivity contribution in [3.63, 3.8) is 0 Å². The number of hydrogen-bond donors (Lipinski definition) is 1. The van der Waals surface area contributed by atoms with Crippen LogP contribution in [0, 0.1) is 5.92 Å². The van der Waals surface area contributed by atoms with Crippen molar-refractivity contribution < 1.29 is 22.6 Å². The van der Waals surface area contributed by atoms with Gasteiger partial charge in [0, 0.05) is 25.7 Å². The molecule has 2 atom stereocenters. The summed E-state index contributed by atoms with van der Waals surface area (Å²) < 4.78 is 46.5. The molecule has 22 heavy (non-hydrogen) atoms. The number of hydrogen-bond acceptors (Lipinski definition) is 4. The monoisotopic (exact) mass is 318 g/mol. The Balaban J connectivity index is 2.02. The topological polar surface area (TPSA) is 47.7 Å². The van der Waals surface area contributed by atoms with E-state index in [1.807, 2.05) is 0 Å². The van der Waals surface area contributed by atoms with Crippen molar-refractivity contribution in [1.29, 1.82) is 0 Å². The summed E-state index contributed by atoms with van der Waals surface area (Å²) in [6.45, 7) is 3.19. The van der Waals surface area contributed by atoms with Crippen molar-refractivity contribution >= 4 is 0 Å². The van der Waals surface area contributed by atoms with E-state index in [1.54, 1.807) is 12.1 Å². The second-order valence-electron chi connectivity index (χ2n) is 5.72. The standard InChI is InChI=1S/C15H21F3N2O2/c1-10-6-20(8-12(10)19)7-11-3-4-13(14(5-11)21-2)22-9-15(16,17)18/h3-5,10,12H,6-9,19H2,1-2H3. The van der Waals surface area contributed by atoms with Gasteiger partial charge in [-0.05, 0) is 23.6 Å². The van der Waals surface area contributed by atoms with Crippen molar-refractivity contribution in [3.8, 4) is 11.5 Å². The number of likely N-dealkylation sites (tertiary alicyclic amines) is 1. The van der Waals surface area contributed by atoms with Crippen molar-refractivity contribution in [2.24, 2.45) is 11.7 Å². The highest BCUT2D eigenvalue weighted by Gasteiger charge is 2.29. The largest absolute Gasteiger partial charge is 0.493 e. The molecule has 0 amide bonds. The Hall–Kier alpha value is -1.47. The van der Waals surface area contributed by atoms with Gasteiger partial charge in [0.15, 0.2) is 18.1 Å². The first-order valence-electron chi connectivity index (χ1n) is 7.13. The molecule has 1 fully saturated rings. The highest BCUT2D eigenvalue weighted by atomic mass is 19.4. The van der Waals surface area contributed by atoms with Gasteiger partial charge in [0.05, 0.1) is 7.11 Å². The number of nitrogens with two attached hydrogens (primary N) is 1. The zero-order chi connectivity index (χ0) is 16.3. The Labute approximate surface area is 128 Å². The Morgan fingerprint density at radius 2 is 2.00 bits per heavy atom. The van der Waals surface area contributed by atoms with Crippen LogP contribution >= 0.6 is 0 Å². The molecule has 1 aromatic carbocycles. The lowest BCUT2D eigenvalue weighted by Crippen LogP contribution is -2.28. The second-order valence-corrected chi connectivity index (χ2v) is 5.72. The summed E-state index contributed by atoms with van der Waals surface area (Å²) in [6.07, 6.45) is -4.37. The van der Waals surface area contributed by atoms with E-state index in [-0.39, 0.29) is 11.8 Å². The molecule has 1 heterocycles. The SMILES string of the molecule is COc1cc(CN2CC(C)C(N)C2)ccc1OCC(F)(F)F. The van der Waals surface area contributed by atoms with E-state index in [1.165, 1.54) is 13.2 Å². The van der Waals surface area contributed by atoms with Crippen LogP contribution in [0.1, 0.15) is 12.5 Å². The van der Waals surface area contributed by atoms with Gasteiger partial charge in [-0.1, -0.05) is 13.0 Å². The van der Waals surface area contributed by atoms with Crippen molar-refractivity contribution in [1.82, 2.24) is 4.90 Å². The van der Waals surface area contributed by atoms with Gasteiger partial charge in [0.1, 0.15) is 0 Å². The minimum absolute atomic E-state index is 0.0927. The smallest absolute Gasteiger partial charge is 0.422 e. The molecule has 1 aliphatic heterocycles. The van der Waals surface area contributed by atoms with E-state index in [9.17, 15) is 13.2 Å². The summed E-state index contributed by atoms with van der Waals surface area (Å²) in [5.74, 6) is 0.838. The maximum atomic E-state index is 12.2. The molecule has 0 spiro atoms. The first kappa shape index (κ1) is 16.9. The Morgan fingerprint density at radius 1 is 1.27 bits per heavy atom. The molecule has 2 N–H and O–H groups in total. The van der Waals surface area contributed by atoms with Crippen molar-refractivity contribution in [2.45, 2.75) is 25.7 Å². The zero-order valence-electron chi connectivity index (χ0n) is 12.7. The highest BCUT2D eigenvalue weighted by Crippen LogP contribution is 2.30. The number of methoxy groups -OCH3 is 1. The van der Waals surface area contributed by atoms with Gasteiger partial charge in [0.25, 0.3) is 0 Å². The van der Waals surface area contributed by atoms with Crippen LogP contribution in [0.2, 0.25) is 0 Å². The van der Waals surface area contributed by atoms with Gasteiger partial charge in [0.2, 0.25) is 0 Å². The normalized spacial score (nSPS) is 22.8. The number of halogens is 3. The lowest BCUT2D eigenvalue weighted by molar-refractivity contribution is -0.153. The van der Waals surface area contributed by atoms with Gasteiger partial charge < -0.3 is 15.2 Å². The average Bonchev–Trinajstić information content (AvgIpc) is 2.74. The van der Waals surface area contributed by atoms with E-state index in [2.05, 4.69) is 11.8 Å². The minimum atomic E-state index is -4.37. The third-order valence-electron chi connectivity index (χ3n) is 3.77. The third kappa shape index (κ3) is 4.51. The molecule has 1 aliphatic rings. The quantitative estimate of drug-likeness (QED) is 0.906. The first-order chi connectivity index (χ1) is 10.3. The first-order valence-corrected chi connectivity index (χ1v) is 7.13. The minimum Gasteiger partial charge on any atom is -0.493 e. The number of ether oxygens (including phenoxy) is 2. The molecule has 0 bridgehead atoms. The summed E-state index contributed by atoms with van der Waals surface area (Å²) in [7, 11) is 1.41. The molecule has 0 aliphatic carbocycles. The molecule has 0 radical (unpaired) electrons. The molecular weight excluding hydrogens is 297 g/mol. The zero-order valence-corrected chi connectivity index (χ0v) is 12.7.